The number of esters is 1. The maximum atomic E-state index is 13.4. The Morgan fingerprint density at radius 1 is 0.966 bits per heavy atom. The minimum atomic E-state index is -0.403. The van der Waals surface area contributed by atoms with Crippen molar-refractivity contribution in [3.05, 3.63) is 88.1 Å². The van der Waals surface area contributed by atoms with Crippen molar-refractivity contribution in [2.75, 3.05) is 73.8 Å². The molecule has 3 fully saturated rings. The average molecular weight is 808 g/mol. The van der Waals surface area contributed by atoms with Crippen molar-refractivity contribution in [1.82, 2.24) is 25.1 Å². The molecule has 5 heterocycles. The van der Waals surface area contributed by atoms with Crippen molar-refractivity contribution in [3.8, 4) is 5.75 Å². The summed E-state index contributed by atoms with van der Waals surface area (Å²) in [7, 11) is 1.61. The fourth-order valence-electron chi connectivity index (χ4n) is 8.13. The number of methoxy groups -OCH3 is 1. The van der Waals surface area contributed by atoms with E-state index in [1.807, 2.05) is 48.2 Å². The minimum Gasteiger partial charge on any atom is -0.494 e. The van der Waals surface area contributed by atoms with Gasteiger partial charge in [-0.15, -0.1) is 0 Å². The molecule has 0 radical (unpaired) electrons. The van der Waals surface area contributed by atoms with Gasteiger partial charge in [0.1, 0.15) is 23.4 Å². The highest BCUT2D eigenvalue weighted by Crippen LogP contribution is 2.37. The molecule has 3 amide bonds. The van der Waals surface area contributed by atoms with E-state index >= 15 is 0 Å². The fraction of sp³-hybridized carbons (Fsp3) is 0.381. The van der Waals surface area contributed by atoms with Crippen LogP contribution < -0.4 is 30.9 Å². The molecule has 58 heavy (non-hydrogen) atoms. The van der Waals surface area contributed by atoms with Crippen LogP contribution in [0.2, 0.25) is 5.02 Å². The quantitative estimate of drug-likeness (QED) is 0.113. The van der Waals surface area contributed by atoms with Gasteiger partial charge in [-0.25, -0.2) is 9.78 Å². The number of amides is 3. The van der Waals surface area contributed by atoms with E-state index in [1.54, 1.807) is 13.2 Å². The van der Waals surface area contributed by atoms with Crippen LogP contribution in [0.15, 0.2) is 60.8 Å². The molecular formula is C42H46ClN9O6. The minimum absolute atomic E-state index is 0.157. The van der Waals surface area contributed by atoms with Gasteiger partial charge in [-0.3, -0.25) is 24.6 Å². The van der Waals surface area contributed by atoms with E-state index in [1.165, 1.54) is 11.8 Å². The summed E-state index contributed by atoms with van der Waals surface area (Å²) in [5.74, 6) is 0.912. The van der Waals surface area contributed by atoms with Crippen LogP contribution in [-0.2, 0) is 25.7 Å². The molecule has 4 aliphatic rings. The normalized spacial score (nSPS) is 18.7. The summed E-state index contributed by atoms with van der Waals surface area (Å²) in [6, 6.07) is 17.3. The number of hydrogen-bond donors (Lipinski definition) is 4. The first kappa shape index (κ1) is 38.9. The Bertz CT molecular complexity index is 2220. The second-order valence-corrected chi connectivity index (χ2v) is 15.5. The number of rotatable bonds is 11. The van der Waals surface area contributed by atoms with Crippen molar-refractivity contribution in [3.63, 3.8) is 0 Å². The lowest BCUT2D eigenvalue weighted by molar-refractivity contribution is -0.134. The molecule has 1 aromatic heterocycles. The van der Waals surface area contributed by atoms with E-state index in [4.69, 9.17) is 21.1 Å². The smallest absolute Gasteiger partial charge is 0.341 e. The lowest BCUT2D eigenvalue weighted by Gasteiger charge is -2.38. The average Bonchev–Trinajstić information content (AvgIpc) is 3.62. The van der Waals surface area contributed by atoms with Crippen molar-refractivity contribution >= 4 is 69.8 Å². The van der Waals surface area contributed by atoms with E-state index in [9.17, 15) is 19.2 Å². The second-order valence-electron chi connectivity index (χ2n) is 15.1. The number of piperazine rings is 1. The SMILES string of the molecule is COc1cc(N2CCN(C(=O)CN3CCC(c4ccc(NC5CCC(=O)NC5=O)cc4)CC3)CC2)c(C)cc1Nc1ncc(Cl)c(Nc2cccc3c2C(=O)OC3)n1. The second kappa shape index (κ2) is 16.9. The molecule has 1 unspecified atom stereocenters. The zero-order valence-corrected chi connectivity index (χ0v) is 33.2. The number of anilines is 6. The molecule has 16 heteroatoms. The number of aromatic nitrogens is 2. The van der Waals surface area contributed by atoms with Gasteiger partial charge in [0.15, 0.2) is 5.82 Å². The monoisotopic (exact) mass is 807 g/mol. The highest BCUT2D eigenvalue weighted by atomic mass is 35.5. The summed E-state index contributed by atoms with van der Waals surface area (Å²) in [4.78, 5) is 64.8. The Morgan fingerprint density at radius 3 is 2.48 bits per heavy atom. The van der Waals surface area contributed by atoms with Gasteiger partial charge in [0.25, 0.3) is 0 Å². The third kappa shape index (κ3) is 8.50. The number of carbonyl (C=O) groups excluding carboxylic acids is 4. The topological polar surface area (TPSA) is 170 Å². The number of imide groups is 1. The highest BCUT2D eigenvalue weighted by Gasteiger charge is 2.29. The molecule has 1 atom stereocenters. The van der Waals surface area contributed by atoms with Gasteiger partial charge < -0.3 is 35.2 Å². The molecular weight excluding hydrogens is 762 g/mol. The zero-order valence-electron chi connectivity index (χ0n) is 32.5. The number of fused-ring (bicyclic) bond motifs is 1. The number of ether oxygens (including phenoxy) is 2. The van der Waals surface area contributed by atoms with Crippen LogP contribution in [-0.4, -0.2) is 102 Å². The molecule has 8 rings (SSSR count). The van der Waals surface area contributed by atoms with Gasteiger partial charge in [0.2, 0.25) is 23.7 Å². The maximum Gasteiger partial charge on any atom is 0.341 e. The summed E-state index contributed by atoms with van der Waals surface area (Å²) in [5, 5.41) is 12.3. The third-order valence-electron chi connectivity index (χ3n) is 11.4. The Labute approximate surface area is 341 Å². The lowest BCUT2D eigenvalue weighted by Crippen LogP contribution is -2.52. The predicted octanol–water partition coefficient (Wildman–Crippen LogP) is 5.35. The highest BCUT2D eigenvalue weighted by molar-refractivity contribution is 6.33. The summed E-state index contributed by atoms with van der Waals surface area (Å²) < 4.78 is 11.0. The van der Waals surface area contributed by atoms with E-state index in [-0.39, 0.29) is 29.4 Å². The molecule has 0 saturated carbocycles. The Kier molecular flexibility index (Phi) is 11.3. The van der Waals surface area contributed by atoms with Crippen LogP contribution in [0.5, 0.6) is 5.75 Å². The number of aryl methyl sites for hydroxylation is 1. The van der Waals surface area contributed by atoms with E-state index < -0.39 is 12.0 Å². The molecule has 3 saturated heterocycles. The Morgan fingerprint density at radius 2 is 1.74 bits per heavy atom. The molecule has 3 aromatic carbocycles. The van der Waals surface area contributed by atoms with Crippen molar-refractivity contribution in [2.24, 2.45) is 0 Å². The predicted molar refractivity (Wildman–Crippen MR) is 220 cm³/mol. The van der Waals surface area contributed by atoms with Gasteiger partial charge in [0, 0.05) is 55.6 Å². The van der Waals surface area contributed by atoms with Gasteiger partial charge in [-0.05, 0) is 80.6 Å². The van der Waals surface area contributed by atoms with Crippen molar-refractivity contribution in [1.29, 1.82) is 0 Å². The number of cyclic esters (lactones) is 1. The first-order chi connectivity index (χ1) is 28.1. The fourth-order valence-corrected chi connectivity index (χ4v) is 8.26. The number of halogens is 1. The number of nitrogens with zero attached hydrogens (tertiary/aromatic N) is 5. The molecule has 15 nitrogen and oxygen atoms in total. The number of hydrogen-bond acceptors (Lipinski definition) is 13. The van der Waals surface area contributed by atoms with Gasteiger partial charge in [-0.1, -0.05) is 35.9 Å². The molecule has 4 aromatic rings. The van der Waals surface area contributed by atoms with Crippen molar-refractivity contribution < 1.29 is 28.7 Å². The number of likely N-dealkylation sites (tertiary alicyclic amines) is 1. The molecule has 4 aliphatic heterocycles. The summed E-state index contributed by atoms with van der Waals surface area (Å²) in [5.41, 5.74) is 6.66. The molecule has 4 N–H and O–H groups in total. The van der Waals surface area contributed by atoms with Crippen molar-refractivity contribution in [2.45, 2.75) is 51.2 Å². The summed E-state index contributed by atoms with van der Waals surface area (Å²) >= 11 is 6.46. The standard InChI is InChI=1S/C42H46ClN9O6/c1-25-20-33(47-42-44-22-30(43)39(49-42)46-31-5-3-4-28-24-58-41(56)38(28)31)35(57-2)21-34(25)51-16-18-52(19-17-51)37(54)23-50-14-12-27(13-15-50)26-6-8-29(9-7-26)45-32-10-11-36(53)48-40(32)55/h3-9,20-22,27,32,45H,10-19,23-24H2,1-2H3,(H,48,53,55)(H2,44,46,47,49). The van der Waals surface area contributed by atoms with Gasteiger partial charge >= 0.3 is 5.97 Å². The van der Waals surface area contributed by atoms with Crippen LogP contribution in [0.4, 0.5) is 34.5 Å². The molecule has 302 valence electrons. The van der Waals surface area contributed by atoms with Crippen LogP contribution in [0.3, 0.4) is 0 Å². The van der Waals surface area contributed by atoms with Crippen LogP contribution in [0, 0.1) is 6.92 Å². The number of carbonyl (C=O) groups is 4. The maximum absolute atomic E-state index is 13.4. The number of nitrogens with one attached hydrogen (secondary N) is 4. The Hall–Kier alpha value is -5.93. The number of benzene rings is 3. The first-order valence-electron chi connectivity index (χ1n) is 19.6. The zero-order chi connectivity index (χ0) is 40.3. The lowest BCUT2D eigenvalue weighted by atomic mass is 9.89. The van der Waals surface area contributed by atoms with Gasteiger partial charge in [-0.2, -0.15) is 4.98 Å². The molecule has 0 bridgehead atoms. The summed E-state index contributed by atoms with van der Waals surface area (Å²) in [6.45, 7) is 7.06. The van der Waals surface area contributed by atoms with Gasteiger partial charge in [0.05, 0.1) is 36.8 Å². The van der Waals surface area contributed by atoms with E-state index in [2.05, 4.69) is 53.2 Å². The molecule has 0 aliphatic carbocycles. The third-order valence-corrected chi connectivity index (χ3v) is 11.6. The number of piperidine rings is 2. The first-order valence-corrected chi connectivity index (χ1v) is 20.0. The largest absolute Gasteiger partial charge is 0.494 e. The van der Waals surface area contributed by atoms with E-state index in [0.29, 0.717) is 85.9 Å². The van der Waals surface area contributed by atoms with Crippen LogP contribution >= 0.6 is 11.6 Å². The molecule has 0 spiro atoms. The summed E-state index contributed by atoms with van der Waals surface area (Å²) in [6.07, 6.45) is 4.27. The van der Waals surface area contributed by atoms with E-state index in [0.717, 1.165) is 48.4 Å². The van der Waals surface area contributed by atoms with Crippen LogP contribution in [0.1, 0.15) is 58.6 Å². The Balaban J connectivity index is 0.822. The van der Waals surface area contributed by atoms with Crippen LogP contribution in [0.25, 0.3) is 0 Å².